The van der Waals surface area contributed by atoms with Gasteiger partial charge in [0.15, 0.2) is 5.60 Å². The molecule has 3 heterocycles. The highest BCUT2D eigenvalue weighted by Crippen LogP contribution is 2.46. The zero-order chi connectivity index (χ0) is 23.2. The lowest BCUT2D eigenvalue weighted by molar-refractivity contribution is -0.00947. The van der Waals surface area contributed by atoms with Gasteiger partial charge >= 0.3 is 0 Å². The van der Waals surface area contributed by atoms with Gasteiger partial charge in [0.05, 0.1) is 23.0 Å². The third kappa shape index (κ3) is 3.52. The molecule has 1 saturated heterocycles. The minimum Gasteiger partial charge on any atom is -0.491 e. The van der Waals surface area contributed by atoms with E-state index in [4.69, 9.17) is 9.47 Å². The lowest BCUT2D eigenvalue weighted by Crippen LogP contribution is -2.50. The quantitative estimate of drug-likeness (QED) is 0.581. The number of amides is 1. The minimum atomic E-state index is -0.645. The molecule has 0 saturated carbocycles. The van der Waals surface area contributed by atoms with Crippen LogP contribution in [0.25, 0.3) is 5.69 Å². The zero-order valence-electron chi connectivity index (χ0n) is 18.5. The number of carbonyl (C=O) groups excluding carboxylic acids is 1. The fourth-order valence-corrected chi connectivity index (χ4v) is 4.74. The van der Waals surface area contributed by atoms with E-state index in [-0.39, 0.29) is 17.6 Å². The number of carbonyl (C=O) groups is 1. The number of hydrogen-bond donors (Lipinski definition) is 0. The van der Waals surface area contributed by atoms with Crippen molar-refractivity contribution < 1.29 is 18.7 Å². The first kappa shape index (κ1) is 21.1. The van der Waals surface area contributed by atoms with Crippen molar-refractivity contribution in [1.29, 1.82) is 5.26 Å². The highest BCUT2D eigenvalue weighted by Gasteiger charge is 2.45. The second kappa shape index (κ2) is 7.96. The predicted octanol–water partition coefficient (Wildman–Crippen LogP) is 4.80. The molecule has 1 amide bonds. The van der Waals surface area contributed by atoms with Gasteiger partial charge in [-0.2, -0.15) is 5.26 Å². The number of aromatic nitrogens is 1. The van der Waals surface area contributed by atoms with Crippen LogP contribution in [0.1, 0.15) is 48.4 Å². The summed E-state index contributed by atoms with van der Waals surface area (Å²) in [6.07, 6.45) is 1.00. The largest absolute Gasteiger partial charge is 0.491 e. The number of hydrogen-bond acceptors (Lipinski definition) is 4. The summed E-state index contributed by atoms with van der Waals surface area (Å²) < 4.78 is 28.6. The first-order chi connectivity index (χ1) is 15.9. The summed E-state index contributed by atoms with van der Waals surface area (Å²) in [6, 6.07) is 18.0. The maximum absolute atomic E-state index is 14.7. The van der Waals surface area contributed by atoms with Crippen LogP contribution in [-0.4, -0.2) is 34.6 Å². The van der Waals surface area contributed by atoms with Crippen LogP contribution in [0.2, 0.25) is 0 Å². The number of rotatable bonds is 3. The number of nitriles is 1. The van der Waals surface area contributed by atoms with Gasteiger partial charge in [-0.05, 0) is 50.2 Å². The second-order valence-electron chi connectivity index (χ2n) is 8.72. The summed E-state index contributed by atoms with van der Waals surface area (Å²) in [6.45, 7) is 4.56. The molecule has 1 spiro atoms. The molecule has 2 aliphatic heterocycles. The molecular weight excluding hydrogens is 421 g/mol. The molecule has 33 heavy (non-hydrogen) atoms. The Kier molecular flexibility index (Phi) is 5.09. The Morgan fingerprint density at radius 3 is 2.61 bits per heavy atom. The van der Waals surface area contributed by atoms with Crippen molar-refractivity contribution >= 4 is 5.91 Å². The summed E-state index contributed by atoms with van der Waals surface area (Å²) in [5, 5.41) is 9.62. The van der Waals surface area contributed by atoms with E-state index < -0.39 is 11.4 Å². The Morgan fingerprint density at radius 2 is 1.91 bits per heavy atom. The lowest BCUT2D eigenvalue weighted by Gasteiger charge is -2.45. The highest BCUT2D eigenvalue weighted by molar-refractivity contribution is 5.94. The van der Waals surface area contributed by atoms with Crippen molar-refractivity contribution in [2.24, 2.45) is 0 Å². The van der Waals surface area contributed by atoms with Crippen LogP contribution in [0.15, 0.2) is 54.6 Å². The molecule has 1 fully saturated rings. The molecule has 168 valence electrons. The maximum atomic E-state index is 14.7. The Hall–Kier alpha value is -3.79. The summed E-state index contributed by atoms with van der Waals surface area (Å²) >= 11 is 0. The van der Waals surface area contributed by atoms with E-state index in [1.165, 1.54) is 12.1 Å². The molecule has 0 atom stereocenters. The molecule has 5 rings (SSSR count). The molecule has 0 bridgehead atoms. The van der Waals surface area contributed by atoms with Gasteiger partial charge in [-0.3, -0.25) is 9.36 Å². The molecule has 0 N–H and O–H groups in total. The lowest BCUT2D eigenvalue weighted by atomic mass is 9.86. The second-order valence-corrected chi connectivity index (χ2v) is 8.72. The van der Waals surface area contributed by atoms with Crippen LogP contribution in [0.5, 0.6) is 11.5 Å². The van der Waals surface area contributed by atoms with E-state index in [0.717, 1.165) is 11.4 Å². The van der Waals surface area contributed by atoms with Gasteiger partial charge in [0.25, 0.3) is 5.91 Å². The number of nitrogens with zero attached hydrogens (tertiary/aromatic N) is 3. The van der Waals surface area contributed by atoms with E-state index in [2.05, 4.69) is 6.07 Å². The standard InChI is InChI=1S/C26H24FN3O3/c1-17(2)32-19-8-9-20(21(27)15-19)25(31)29-13-11-26(12-14-29)24-10-7-18(16-28)30(24)22-5-3-4-6-23(22)33-26/h3-10,15,17H,11-14H2,1-2H3. The number of para-hydroxylation sites is 2. The average molecular weight is 445 g/mol. The van der Waals surface area contributed by atoms with Crippen LogP contribution in [-0.2, 0) is 5.60 Å². The Morgan fingerprint density at radius 1 is 1.15 bits per heavy atom. The minimum absolute atomic E-state index is 0.0344. The van der Waals surface area contributed by atoms with E-state index in [0.29, 0.717) is 43.1 Å². The topological polar surface area (TPSA) is 67.5 Å². The molecule has 2 aliphatic rings. The van der Waals surface area contributed by atoms with Gasteiger partial charge in [0.1, 0.15) is 29.1 Å². The van der Waals surface area contributed by atoms with Crippen LogP contribution < -0.4 is 9.47 Å². The van der Waals surface area contributed by atoms with Crippen LogP contribution in [0, 0.1) is 17.1 Å². The van der Waals surface area contributed by atoms with E-state index in [1.54, 1.807) is 17.0 Å². The van der Waals surface area contributed by atoms with Gasteiger partial charge < -0.3 is 14.4 Å². The fourth-order valence-electron chi connectivity index (χ4n) is 4.74. The molecule has 7 heteroatoms. The average Bonchev–Trinajstić information content (AvgIpc) is 3.25. The molecule has 0 radical (unpaired) electrons. The summed E-state index contributed by atoms with van der Waals surface area (Å²) in [5.41, 5.74) is 1.68. The van der Waals surface area contributed by atoms with Crippen molar-refractivity contribution in [2.75, 3.05) is 13.1 Å². The molecule has 6 nitrogen and oxygen atoms in total. The number of benzene rings is 2. The normalized spacial score (nSPS) is 16.0. The van der Waals surface area contributed by atoms with Crippen molar-refractivity contribution in [1.82, 2.24) is 9.47 Å². The summed E-state index contributed by atoms with van der Waals surface area (Å²) in [5.74, 6) is 0.181. The maximum Gasteiger partial charge on any atom is 0.256 e. The Balaban J connectivity index is 1.39. The molecule has 1 aromatic heterocycles. The third-order valence-electron chi connectivity index (χ3n) is 6.27. The van der Waals surface area contributed by atoms with Crippen LogP contribution in [0.4, 0.5) is 4.39 Å². The van der Waals surface area contributed by atoms with Crippen LogP contribution >= 0.6 is 0 Å². The number of fused-ring (bicyclic) bond motifs is 4. The zero-order valence-corrected chi connectivity index (χ0v) is 18.5. The molecule has 0 aliphatic carbocycles. The number of likely N-dealkylation sites (tertiary alicyclic amines) is 1. The van der Waals surface area contributed by atoms with E-state index in [1.807, 2.05) is 48.7 Å². The first-order valence-electron chi connectivity index (χ1n) is 11.1. The van der Waals surface area contributed by atoms with Crippen LogP contribution in [0.3, 0.4) is 0 Å². The number of halogens is 1. The SMILES string of the molecule is CC(C)Oc1ccc(C(=O)N2CCC3(CC2)Oc2ccccc2-n2c(C#N)ccc23)c(F)c1. The molecule has 2 aromatic carbocycles. The van der Waals surface area contributed by atoms with Gasteiger partial charge in [-0.15, -0.1) is 0 Å². The van der Waals surface area contributed by atoms with Gasteiger partial charge in [-0.1, -0.05) is 12.1 Å². The van der Waals surface area contributed by atoms with Crippen molar-refractivity contribution in [3.05, 3.63) is 77.4 Å². The number of piperidine rings is 1. The van der Waals surface area contributed by atoms with Gasteiger partial charge in [0, 0.05) is 32.0 Å². The van der Waals surface area contributed by atoms with Crippen molar-refractivity contribution in [3.8, 4) is 23.3 Å². The highest BCUT2D eigenvalue weighted by atomic mass is 19.1. The third-order valence-corrected chi connectivity index (χ3v) is 6.27. The van der Waals surface area contributed by atoms with E-state index in [9.17, 15) is 14.4 Å². The number of ether oxygens (including phenoxy) is 2. The summed E-state index contributed by atoms with van der Waals surface area (Å²) in [4.78, 5) is 14.7. The van der Waals surface area contributed by atoms with Gasteiger partial charge in [0.2, 0.25) is 0 Å². The van der Waals surface area contributed by atoms with Crippen molar-refractivity contribution in [3.63, 3.8) is 0 Å². The Labute approximate surface area is 191 Å². The van der Waals surface area contributed by atoms with Gasteiger partial charge in [-0.25, -0.2) is 4.39 Å². The molecule has 0 unspecified atom stereocenters. The predicted molar refractivity (Wildman–Crippen MR) is 120 cm³/mol. The molecule has 3 aromatic rings. The van der Waals surface area contributed by atoms with Crippen molar-refractivity contribution in [2.45, 2.75) is 38.4 Å². The molecular formula is C26H24FN3O3. The van der Waals surface area contributed by atoms with E-state index >= 15 is 0 Å². The smallest absolute Gasteiger partial charge is 0.256 e. The fraction of sp³-hybridized carbons (Fsp3) is 0.308. The first-order valence-corrected chi connectivity index (χ1v) is 11.1. The summed E-state index contributed by atoms with van der Waals surface area (Å²) in [7, 11) is 0. The Bertz CT molecular complexity index is 1270. The monoisotopic (exact) mass is 445 g/mol.